The highest BCUT2D eigenvalue weighted by molar-refractivity contribution is 4.73. The zero-order chi connectivity index (χ0) is 9.52. The summed E-state index contributed by atoms with van der Waals surface area (Å²) in [6, 6.07) is 0.270. The molecule has 0 atom stereocenters. The van der Waals surface area contributed by atoms with Crippen LogP contribution < -0.4 is 5.73 Å². The SMILES string of the molecule is CCCCCC[C@H]1CC[C@@H]([NH])CC1. The first-order chi connectivity index (χ1) is 6.33. The van der Waals surface area contributed by atoms with Crippen molar-refractivity contribution in [3.63, 3.8) is 0 Å². The van der Waals surface area contributed by atoms with Crippen LogP contribution in [0.2, 0.25) is 0 Å². The molecule has 0 amide bonds. The third-order valence-electron chi connectivity index (χ3n) is 3.31. The van der Waals surface area contributed by atoms with E-state index in [0.29, 0.717) is 0 Å². The first-order valence-electron chi connectivity index (χ1n) is 6.04. The Bertz CT molecular complexity index is 114. The quantitative estimate of drug-likeness (QED) is 0.578. The summed E-state index contributed by atoms with van der Waals surface area (Å²) >= 11 is 0. The van der Waals surface area contributed by atoms with Crippen molar-refractivity contribution >= 4 is 0 Å². The van der Waals surface area contributed by atoms with Crippen molar-refractivity contribution < 1.29 is 0 Å². The molecule has 1 rings (SSSR count). The predicted molar refractivity (Wildman–Crippen MR) is 57.6 cm³/mol. The van der Waals surface area contributed by atoms with Gasteiger partial charge < -0.3 is 0 Å². The van der Waals surface area contributed by atoms with E-state index in [1.165, 1.54) is 57.8 Å². The molecular formula is C12H24N. The zero-order valence-electron chi connectivity index (χ0n) is 9.02. The molecule has 1 aliphatic carbocycles. The number of hydrogen-bond donors (Lipinski definition) is 0. The molecule has 0 aromatic heterocycles. The molecule has 77 valence electrons. The van der Waals surface area contributed by atoms with Crippen LogP contribution in [0.3, 0.4) is 0 Å². The molecule has 1 N–H and O–H groups in total. The molecule has 0 unspecified atom stereocenters. The summed E-state index contributed by atoms with van der Waals surface area (Å²) in [6.07, 6.45) is 12.1. The lowest BCUT2D eigenvalue weighted by atomic mass is 9.83. The van der Waals surface area contributed by atoms with Crippen molar-refractivity contribution in [2.45, 2.75) is 70.8 Å². The smallest absolute Gasteiger partial charge is 0.0213 e. The fourth-order valence-electron chi connectivity index (χ4n) is 2.31. The van der Waals surface area contributed by atoms with Crippen LogP contribution in [0, 0.1) is 5.92 Å². The molecule has 1 fully saturated rings. The van der Waals surface area contributed by atoms with Crippen molar-refractivity contribution in [3.8, 4) is 0 Å². The lowest BCUT2D eigenvalue weighted by Crippen LogP contribution is -2.19. The molecule has 1 radical (unpaired) electrons. The van der Waals surface area contributed by atoms with Gasteiger partial charge in [0.25, 0.3) is 0 Å². The van der Waals surface area contributed by atoms with Gasteiger partial charge in [0.15, 0.2) is 0 Å². The van der Waals surface area contributed by atoms with Gasteiger partial charge in [-0.25, -0.2) is 0 Å². The molecule has 0 heterocycles. The van der Waals surface area contributed by atoms with Crippen LogP contribution in [-0.2, 0) is 0 Å². The van der Waals surface area contributed by atoms with Gasteiger partial charge in [0.05, 0.1) is 0 Å². The Labute approximate surface area is 83.1 Å². The third kappa shape index (κ3) is 4.66. The van der Waals surface area contributed by atoms with E-state index in [2.05, 4.69) is 6.92 Å². The predicted octanol–water partition coefficient (Wildman–Crippen LogP) is 3.80. The van der Waals surface area contributed by atoms with Crippen LogP contribution in [0.1, 0.15) is 64.7 Å². The average Bonchev–Trinajstić information content (AvgIpc) is 2.15. The van der Waals surface area contributed by atoms with Crippen molar-refractivity contribution in [2.75, 3.05) is 0 Å². The molecule has 0 aromatic carbocycles. The minimum Gasteiger partial charge on any atom is -0.255 e. The summed E-state index contributed by atoms with van der Waals surface area (Å²) in [7, 11) is 0. The summed E-state index contributed by atoms with van der Waals surface area (Å²) in [4.78, 5) is 0. The summed E-state index contributed by atoms with van der Waals surface area (Å²) in [5, 5.41) is 0. The fourth-order valence-corrected chi connectivity index (χ4v) is 2.31. The molecule has 0 aliphatic heterocycles. The number of rotatable bonds is 5. The van der Waals surface area contributed by atoms with Gasteiger partial charge in [0, 0.05) is 6.04 Å². The van der Waals surface area contributed by atoms with Crippen molar-refractivity contribution in [1.29, 1.82) is 0 Å². The minimum absolute atomic E-state index is 0.270. The summed E-state index contributed by atoms with van der Waals surface area (Å²) in [6.45, 7) is 2.27. The number of hydrogen-bond acceptors (Lipinski definition) is 0. The second kappa shape index (κ2) is 6.42. The third-order valence-corrected chi connectivity index (χ3v) is 3.31. The van der Waals surface area contributed by atoms with Crippen LogP contribution in [0.5, 0.6) is 0 Å². The summed E-state index contributed by atoms with van der Waals surface area (Å²) in [5.74, 6) is 0.971. The van der Waals surface area contributed by atoms with Gasteiger partial charge in [0.1, 0.15) is 0 Å². The van der Waals surface area contributed by atoms with E-state index in [9.17, 15) is 0 Å². The second-order valence-corrected chi connectivity index (χ2v) is 4.57. The van der Waals surface area contributed by atoms with E-state index in [4.69, 9.17) is 5.73 Å². The Hall–Kier alpha value is -0.0400. The van der Waals surface area contributed by atoms with Gasteiger partial charge in [-0.15, -0.1) is 0 Å². The maximum absolute atomic E-state index is 7.60. The first-order valence-corrected chi connectivity index (χ1v) is 6.04. The number of nitrogens with one attached hydrogen (secondary N) is 1. The van der Waals surface area contributed by atoms with Crippen LogP contribution in [0.25, 0.3) is 0 Å². The molecule has 0 aromatic rings. The Morgan fingerprint density at radius 1 is 1.00 bits per heavy atom. The number of unbranched alkanes of at least 4 members (excludes halogenated alkanes) is 3. The first kappa shape index (κ1) is 11.0. The minimum atomic E-state index is 0.270. The van der Waals surface area contributed by atoms with Gasteiger partial charge >= 0.3 is 0 Å². The highest BCUT2D eigenvalue weighted by atomic mass is 14.6. The Morgan fingerprint density at radius 2 is 1.69 bits per heavy atom. The lowest BCUT2D eigenvalue weighted by molar-refractivity contribution is 0.299. The Morgan fingerprint density at radius 3 is 2.31 bits per heavy atom. The Kier molecular flexibility index (Phi) is 5.45. The molecule has 0 saturated heterocycles. The molecule has 1 saturated carbocycles. The topological polar surface area (TPSA) is 23.8 Å². The molecule has 13 heavy (non-hydrogen) atoms. The summed E-state index contributed by atoms with van der Waals surface area (Å²) < 4.78 is 0. The fraction of sp³-hybridized carbons (Fsp3) is 1.00. The van der Waals surface area contributed by atoms with E-state index < -0.39 is 0 Å². The van der Waals surface area contributed by atoms with Crippen LogP contribution >= 0.6 is 0 Å². The van der Waals surface area contributed by atoms with Crippen molar-refractivity contribution in [2.24, 2.45) is 5.92 Å². The van der Waals surface area contributed by atoms with E-state index in [1.807, 2.05) is 0 Å². The van der Waals surface area contributed by atoms with Gasteiger partial charge in [-0.2, -0.15) is 0 Å². The largest absolute Gasteiger partial charge is 0.255 e. The van der Waals surface area contributed by atoms with Crippen LogP contribution in [0.4, 0.5) is 0 Å². The lowest BCUT2D eigenvalue weighted by Gasteiger charge is -2.25. The van der Waals surface area contributed by atoms with E-state index >= 15 is 0 Å². The van der Waals surface area contributed by atoms with Gasteiger partial charge in [0.2, 0.25) is 0 Å². The van der Waals surface area contributed by atoms with E-state index in [-0.39, 0.29) is 6.04 Å². The van der Waals surface area contributed by atoms with Crippen LogP contribution in [-0.4, -0.2) is 6.04 Å². The van der Waals surface area contributed by atoms with Crippen molar-refractivity contribution in [3.05, 3.63) is 0 Å². The molecular weight excluding hydrogens is 158 g/mol. The highest BCUT2D eigenvalue weighted by Gasteiger charge is 2.17. The molecule has 1 aliphatic rings. The summed E-state index contributed by atoms with van der Waals surface area (Å²) in [5.41, 5.74) is 7.60. The maximum atomic E-state index is 7.60. The normalized spacial score (nSPS) is 29.1. The monoisotopic (exact) mass is 182 g/mol. The maximum Gasteiger partial charge on any atom is 0.0213 e. The van der Waals surface area contributed by atoms with E-state index in [0.717, 1.165) is 5.92 Å². The zero-order valence-corrected chi connectivity index (χ0v) is 9.02. The Balaban J connectivity index is 1.96. The van der Waals surface area contributed by atoms with E-state index in [1.54, 1.807) is 0 Å². The second-order valence-electron chi connectivity index (χ2n) is 4.57. The van der Waals surface area contributed by atoms with Crippen molar-refractivity contribution in [1.82, 2.24) is 5.73 Å². The molecule has 1 nitrogen and oxygen atoms in total. The van der Waals surface area contributed by atoms with Crippen LogP contribution in [0.15, 0.2) is 0 Å². The molecule has 1 heteroatoms. The molecule has 0 spiro atoms. The standard InChI is InChI=1S/C12H24N/c1-2-3-4-5-6-11-7-9-12(13)10-8-11/h11-13H,2-10H2,1H3/t11-,12+. The van der Waals surface area contributed by atoms with Gasteiger partial charge in [-0.1, -0.05) is 39.0 Å². The highest BCUT2D eigenvalue weighted by Crippen LogP contribution is 2.28. The van der Waals surface area contributed by atoms with Gasteiger partial charge in [-0.3, -0.25) is 5.73 Å². The average molecular weight is 182 g/mol. The molecule has 0 bridgehead atoms. The van der Waals surface area contributed by atoms with Gasteiger partial charge in [-0.05, 0) is 31.6 Å².